The molecule has 0 saturated heterocycles. The van der Waals surface area contributed by atoms with E-state index in [1.54, 1.807) is 24.5 Å². The van der Waals surface area contributed by atoms with E-state index < -0.39 is 0 Å². The molecule has 0 saturated carbocycles. The Morgan fingerprint density at radius 1 is 1.14 bits per heavy atom. The van der Waals surface area contributed by atoms with Crippen LogP contribution in [0.5, 0.6) is 11.5 Å². The van der Waals surface area contributed by atoms with Gasteiger partial charge in [-0.25, -0.2) is 0 Å². The molecule has 3 aromatic rings. The maximum absolute atomic E-state index is 9.84. The summed E-state index contributed by atoms with van der Waals surface area (Å²) in [7, 11) is 0. The Labute approximate surface area is 120 Å². The maximum atomic E-state index is 9.84. The van der Waals surface area contributed by atoms with Crippen LogP contribution in [0.1, 0.15) is 12.5 Å². The van der Waals surface area contributed by atoms with Crippen LogP contribution in [0.15, 0.2) is 41.2 Å². The van der Waals surface area contributed by atoms with E-state index in [0.29, 0.717) is 11.4 Å². The average Bonchev–Trinajstić information content (AvgIpc) is 2.99. The Hall–Kier alpha value is -2.89. The number of phenolic OH excluding ortho intramolecular Hbond substituents is 2. The van der Waals surface area contributed by atoms with Crippen molar-refractivity contribution in [1.82, 2.24) is 15.1 Å². The summed E-state index contributed by atoms with van der Waals surface area (Å²) in [4.78, 5) is 8.36. The lowest BCUT2D eigenvalue weighted by Gasteiger charge is -2.01. The lowest BCUT2D eigenvalue weighted by atomic mass is 10.1. The summed E-state index contributed by atoms with van der Waals surface area (Å²) >= 11 is 0. The van der Waals surface area contributed by atoms with Crippen LogP contribution in [0.3, 0.4) is 0 Å². The standard InChI is InChI=1S/C15H13N3O3/c1-2-9-8-16-7-6-10(9)14-17-15(21-18-14)11-4-3-5-12(19)13(11)20/h3-8,19-20H,2H2,1H3. The van der Waals surface area contributed by atoms with Gasteiger partial charge >= 0.3 is 0 Å². The van der Waals surface area contributed by atoms with Crippen molar-refractivity contribution in [3.05, 3.63) is 42.2 Å². The molecule has 2 N–H and O–H groups in total. The fraction of sp³-hybridized carbons (Fsp3) is 0.133. The highest BCUT2D eigenvalue weighted by Crippen LogP contribution is 2.36. The van der Waals surface area contributed by atoms with Gasteiger partial charge in [-0.1, -0.05) is 18.1 Å². The van der Waals surface area contributed by atoms with Gasteiger partial charge in [0.25, 0.3) is 5.89 Å². The number of aromatic hydroxyl groups is 2. The second kappa shape index (κ2) is 5.24. The van der Waals surface area contributed by atoms with Gasteiger partial charge in [-0.15, -0.1) is 0 Å². The molecule has 6 heteroatoms. The molecular formula is C15H13N3O3. The Morgan fingerprint density at radius 3 is 2.81 bits per heavy atom. The van der Waals surface area contributed by atoms with Gasteiger partial charge in [0.15, 0.2) is 11.5 Å². The first-order valence-electron chi connectivity index (χ1n) is 6.49. The minimum atomic E-state index is -0.279. The number of rotatable bonds is 3. The summed E-state index contributed by atoms with van der Waals surface area (Å²) in [5, 5.41) is 23.3. The van der Waals surface area contributed by atoms with Crippen molar-refractivity contribution in [1.29, 1.82) is 0 Å². The molecule has 2 aromatic heterocycles. The summed E-state index contributed by atoms with van der Waals surface area (Å²) < 4.78 is 5.19. The third kappa shape index (κ3) is 2.31. The van der Waals surface area contributed by atoms with Crippen LogP contribution in [-0.4, -0.2) is 25.3 Å². The minimum absolute atomic E-state index is 0.150. The third-order valence-electron chi connectivity index (χ3n) is 3.20. The van der Waals surface area contributed by atoms with Crippen molar-refractivity contribution >= 4 is 0 Å². The smallest absolute Gasteiger partial charge is 0.262 e. The number of aromatic nitrogens is 3. The molecule has 3 rings (SSSR count). The molecule has 6 nitrogen and oxygen atoms in total. The predicted molar refractivity (Wildman–Crippen MR) is 75.7 cm³/mol. The average molecular weight is 283 g/mol. The molecule has 0 unspecified atom stereocenters. The predicted octanol–water partition coefficient (Wildman–Crippen LogP) is 2.77. The molecule has 2 heterocycles. The summed E-state index contributed by atoms with van der Waals surface area (Å²) in [5.41, 5.74) is 2.13. The molecule has 0 aliphatic heterocycles. The molecule has 0 fully saturated rings. The van der Waals surface area contributed by atoms with Crippen molar-refractivity contribution in [2.45, 2.75) is 13.3 Å². The lowest BCUT2D eigenvalue weighted by Crippen LogP contribution is -1.90. The fourth-order valence-corrected chi connectivity index (χ4v) is 2.07. The van der Waals surface area contributed by atoms with Crippen molar-refractivity contribution < 1.29 is 14.7 Å². The Balaban J connectivity index is 2.06. The first-order chi connectivity index (χ1) is 10.2. The molecule has 21 heavy (non-hydrogen) atoms. The van der Waals surface area contributed by atoms with Crippen LogP contribution in [-0.2, 0) is 6.42 Å². The van der Waals surface area contributed by atoms with Crippen molar-refractivity contribution in [3.63, 3.8) is 0 Å². The molecule has 0 aliphatic carbocycles. The highest BCUT2D eigenvalue weighted by Gasteiger charge is 2.17. The first-order valence-corrected chi connectivity index (χ1v) is 6.49. The van der Waals surface area contributed by atoms with Gasteiger partial charge in [-0.05, 0) is 30.2 Å². The quantitative estimate of drug-likeness (QED) is 0.718. The molecule has 1 aromatic carbocycles. The molecule has 0 bridgehead atoms. The van der Waals surface area contributed by atoms with Crippen LogP contribution in [0, 0.1) is 0 Å². The fourth-order valence-electron chi connectivity index (χ4n) is 2.07. The summed E-state index contributed by atoms with van der Waals surface area (Å²) in [6.07, 6.45) is 4.22. The number of para-hydroxylation sites is 1. The van der Waals surface area contributed by atoms with E-state index in [2.05, 4.69) is 15.1 Å². The SMILES string of the molecule is CCc1cnccc1-c1noc(-c2cccc(O)c2O)n1. The van der Waals surface area contributed by atoms with Crippen LogP contribution in [0.4, 0.5) is 0 Å². The topological polar surface area (TPSA) is 92.3 Å². The first kappa shape index (κ1) is 13.1. The van der Waals surface area contributed by atoms with Gasteiger partial charge in [0, 0.05) is 18.0 Å². The zero-order valence-electron chi connectivity index (χ0n) is 11.3. The van der Waals surface area contributed by atoms with Crippen molar-refractivity contribution in [2.24, 2.45) is 0 Å². The number of benzene rings is 1. The van der Waals surface area contributed by atoms with Crippen LogP contribution in [0.25, 0.3) is 22.8 Å². The zero-order chi connectivity index (χ0) is 14.8. The number of hydrogen-bond donors (Lipinski definition) is 2. The molecule has 0 aliphatic rings. The summed E-state index contributed by atoms with van der Waals surface area (Å²) in [6.45, 7) is 2.02. The van der Waals surface area contributed by atoms with E-state index in [1.807, 2.05) is 13.0 Å². The van der Waals surface area contributed by atoms with Crippen molar-refractivity contribution in [2.75, 3.05) is 0 Å². The monoisotopic (exact) mass is 283 g/mol. The Kier molecular flexibility index (Phi) is 3.27. The number of pyridine rings is 1. The van der Waals surface area contributed by atoms with E-state index in [4.69, 9.17) is 4.52 Å². The number of nitrogens with zero attached hydrogens (tertiary/aromatic N) is 3. The van der Waals surface area contributed by atoms with Crippen molar-refractivity contribution in [3.8, 4) is 34.3 Å². The van der Waals surface area contributed by atoms with Gasteiger partial charge in [-0.2, -0.15) is 4.98 Å². The highest BCUT2D eigenvalue weighted by atomic mass is 16.5. The van der Waals surface area contributed by atoms with Gasteiger partial charge in [0.05, 0.1) is 5.56 Å². The van der Waals surface area contributed by atoms with E-state index in [-0.39, 0.29) is 17.4 Å². The third-order valence-corrected chi connectivity index (χ3v) is 3.20. The zero-order valence-corrected chi connectivity index (χ0v) is 11.3. The lowest BCUT2D eigenvalue weighted by molar-refractivity contribution is 0.397. The van der Waals surface area contributed by atoms with Crippen LogP contribution in [0.2, 0.25) is 0 Å². The van der Waals surface area contributed by atoms with E-state index in [9.17, 15) is 10.2 Å². The van der Waals surface area contributed by atoms with Crippen LogP contribution >= 0.6 is 0 Å². The van der Waals surface area contributed by atoms with E-state index in [0.717, 1.165) is 17.5 Å². The second-order valence-electron chi connectivity index (χ2n) is 4.48. The Bertz CT molecular complexity index is 783. The van der Waals surface area contributed by atoms with Gasteiger partial charge < -0.3 is 14.7 Å². The molecule has 0 radical (unpaired) electrons. The van der Waals surface area contributed by atoms with Gasteiger partial charge in [0.2, 0.25) is 5.82 Å². The maximum Gasteiger partial charge on any atom is 0.262 e. The molecular weight excluding hydrogens is 270 g/mol. The van der Waals surface area contributed by atoms with E-state index in [1.165, 1.54) is 6.07 Å². The normalized spacial score (nSPS) is 10.7. The van der Waals surface area contributed by atoms with Gasteiger partial charge in [0.1, 0.15) is 0 Å². The van der Waals surface area contributed by atoms with Gasteiger partial charge in [-0.3, -0.25) is 4.98 Å². The number of phenols is 2. The molecule has 0 spiro atoms. The second-order valence-corrected chi connectivity index (χ2v) is 4.48. The largest absolute Gasteiger partial charge is 0.504 e. The number of aryl methyl sites for hydroxylation is 1. The summed E-state index contributed by atoms with van der Waals surface area (Å²) in [6, 6.07) is 6.39. The van der Waals surface area contributed by atoms with E-state index >= 15 is 0 Å². The molecule has 0 amide bonds. The summed E-state index contributed by atoms with van der Waals surface area (Å²) in [5.74, 6) is 0.0628. The Morgan fingerprint density at radius 2 is 2.00 bits per heavy atom. The highest BCUT2D eigenvalue weighted by molar-refractivity contribution is 5.68. The number of hydrogen-bond acceptors (Lipinski definition) is 6. The molecule has 106 valence electrons. The van der Waals surface area contributed by atoms with Crippen LogP contribution < -0.4 is 0 Å². The molecule has 0 atom stereocenters. The minimum Gasteiger partial charge on any atom is -0.504 e.